The van der Waals surface area contributed by atoms with E-state index in [1.54, 1.807) is 6.07 Å². The molecule has 1 saturated heterocycles. The first-order chi connectivity index (χ1) is 9.02. The van der Waals surface area contributed by atoms with Crippen LogP contribution in [0.5, 0.6) is 0 Å². The Hall–Kier alpha value is -1.42. The number of carbonyl (C=O) groups excluding carboxylic acids is 1. The van der Waals surface area contributed by atoms with E-state index < -0.39 is 0 Å². The number of hydrogen-bond acceptors (Lipinski definition) is 2. The minimum absolute atomic E-state index is 0.176. The van der Waals surface area contributed by atoms with Crippen molar-refractivity contribution in [3.8, 4) is 0 Å². The molecule has 1 saturated carbocycles. The summed E-state index contributed by atoms with van der Waals surface area (Å²) < 4.78 is 13.4. The van der Waals surface area contributed by atoms with Crippen molar-refractivity contribution in [2.24, 2.45) is 5.92 Å². The maximum Gasteiger partial charge on any atom is 0.244 e. The van der Waals surface area contributed by atoms with Crippen LogP contribution in [0.3, 0.4) is 0 Å². The van der Waals surface area contributed by atoms with E-state index in [-0.39, 0.29) is 23.4 Å². The fraction of sp³-hybridized carbons (Fsp3) is 0.533. The fourth-order valence-electron chi connectivity index (χ4n) is 2.80. The maximum absolute atomic E-state index is 13.4. The highest BCUT2D eigenvalue weighted by Crippen LogP contribution is 2.46. The first-order valence-corrected chi connectivity index (χ1v) is 6.86. The molecular weight excluding hydrogens is 243 g/mol. The SMILES string of the molecule is CC(C)CN1C(=O)C2(CC2)NC1c1cccc(F)c1. The Morgan fingerprint density at radius 2 is 2.21 bits per heavy atom. The molecule has 1 amide bonds. The molecule has 0 aromatic heterocycles. The third-order valence-electron chi connectivity index (χ3n) is 3.87. The van der Waals surface area contributed by atoms with E-state index in [9.17, 15) is 9.18 Å². The molecule has 1 aromatic carbocycles. The van der Waals surface area contributed by atoms with Gasteiger partial charge in [-0.15, -0.1) is 0 Å². The number of benzene rings is 1. The molecule has 19 heavy (non-hydrogen) atoms. The summed E-state index contributed by atoms with van der Waals surface area (Å²) in [5, 5.41) is 3.40. The van der Waals surface area contributed by atoms with Crippen molar-refractivity contribution >= 4 is 5.91 Å². The standard InChI is InChI=1S/C15H19FN2O/c1-10(2)9-18-13(11-4-3-5-12(16)8-11)17-15(6-7-15)14(18)19/h3-5,8,10,13,17H,6-7,9H2,1-2H3. The largest absolute Gasteiger partial charge is 0.321 e. The van der Waals surface area contributed by atoms with Crippen LogP contribution in [0.15, 0.2) is 24.3 Å². The van der Waals surface area contributed by atoms with Gasteiger partial charge in [-0.25, -0.2) is 4.39 Å². The Balaban J connectivity index is 1.92. The Morgan fingerprint density at radius 3 is 2.79 bits per heavy atom. The Kier molecular flexibility index (Phi) is 2.86. The van der Waals surface area contributed by atoms with Gasteiger partial charge in [-0.3, -0.25) is 10.1 Å². The van der Waals surface area contributed by atoms with Gasteiger partial charge in [0.05, 0.1) is 0 Å². The number of nitrogens with one attached hydrogen (secondary N) is 1. The van der Waals surface area contributed by atoms with Gasteiger partial charge in [0, 0.05) is 6.54 Å². The average molecular weight is 262 g/mol. The summed E-state index contributed by atoms with van der Waals surface area (Å²) in [5.74, 6) is 0.319. The summed E-state index contributed by atoms with van der Waals surface area (Å²) in [4.78, 5) is 14.3. The smallest absolute Gasteiger partial charge is 0.244 e. The Labute approximate surface area is 112 Å². The molecule has 1 heterocycles. The van der Waals surface area contributed by atoms with E-state index in [1.807, 2.05) is 11.0 Å². The predicted octanol–water partition coefficient (Wildman–Crippen LogP) is 2.44. The van der Waals surface area contributed by atoms with Crippen LogP contribution in [0, 0.1) is 11.7 Å². The summed E-state index contributed by atoms with van der Waals surface area (Å²) in [6, 6.07) is 6.52. The van der Waals surface area contributed by atoms with E-state index in [1.165, 1.54) is 12.1 Å². The molecule has 1 aliphatic carbocycles. The zero-order valence-electron chi connectivity index (χ0n) is 11.3. The van der Waals surface area contributed by atoms with Crippen LogP contribution in [-0.2, 0) is 4.79 Å². The molecular formula is C15H19FN2O. The van der Waals surface area contributed by atoms with Gasteiger partial charge in [0.15, 0.2) is 0 Å². The summed E-state index contributed by atoms with van der Waals surface area (Å²) in [6.07, 6.45) is 1.60. The van der Waals surface area contributed by atoms with Gasteiger partial charge < -0.3 is 4.90 Å². The minimum Gasteiger partial charge on any atom is -0.321 e. The number of nitrogens with zero attached hydrogens (tertiary/aromatic N) is 1. The first kappa shape index (κ1) is 12.6. The molecule has 0 bridgehead atoms. The van der Waals surface area contributed by atoms with Crippen LogP contribution < -0.4 is 5.32 Å². The molecule has 1 N–H and O–H groups in total. The van der Waals surface area contributed by atoms with Crippen molar-refractivity contribution in [1.82, 2.24) is 10.2 Å². The lowest BCUT2D eigenvalue weighted by Crippen LogP contribution is -2.34. The molecule has 1 aromatic rings. The highest BCUT2D eigenvalue weighted by molar-refractivity contribution is 5.92. The second kappa shape index (κ2) is 4.30. The molecule has 1 aliphatic heterocycles. The number of rotatable bonds is 3. The molecule has 1 unspecified atom stereocenters. The lowest BCUT2D eigenvalue weighted by Gasteiger charge is -2.26. The zero-order valence-corrected chi connectivity index (χ0v) is 11.3. The van der Waals surface area contributed by atoms with Gasteiger partial charge in [-0.2, -0.15) is 0 Å². The van der Waals surface area contributed by atoms with Crippen LogP contribution >= 0.6 is 0 Å². The van der Waals surface area contributed by atoms with E-state index in [0.29, 0.717) is 12.5 Å². The van der Waals surface area contributed by atoms with Crippen molar-refractivity contribution < 1.29 is 9.18 Å². The molecule has 4 heteroatoms. The molecule has 102 valence electrons. The van der Waals surface area contributed by atoms with Crippen LogP contribution in [0.1, 0.15) is 38.4 Å². The highest BCUT2D eigenvalue weighted by atomic mass is 19.1. The minimum atomic E-state index is -0.355. The zero-order chi connectivity index (χ0) is 13.6. The third-order valence-corrected chi connectivity index (χ3v) is 3.87. The van der Waals surface area contributed by atoms with Gasteiger partial charge in [-0.05, 0) is 36.5 Å². The van der Waals surface area contributed by atoms with Crippen LogP contribution in [0.2, 0.25) is 0 Å². The second-order valence-corrected chi connectivity index (χ2v) is 6.04. The van der Waals surface area contributed by atoms with E-state index in [4.69, 9.17) is 0 Å². The van der Waals surface area contributed by atoms with Crippen LogP contribution in [-0.4, -0.2) is 22.9 Å². The van der Waals surface area contributed by atoms with Gasteiger partial charge >= 0.3 is 0 Å². The summed E-state index contributed by atoms with van der Waals surface area (Å²) in [7, 11) is 0. The number of amides is 1. The molecule has 1 spiro atoms. The van der Waals surface area contributed by atoms with Gasteiger partial charge in [-0.1, -0.05) is 26.0 Å². The van der Waals surface area contributed by atoms with Gasteiger partial charge in [0.1, 0.15) is 17.5 Å². The number of hydrogen-bond donors (Lipinski definition) is 1. The van der Waals surface area contributed by atoms with E-state index >= 15 is 0 Å². The first-order valence-electron chi connectivity index (χ1n) is 6.86. The van der Waals surface area contributed by atoms with Gasteiger partial charge in [0.25, 0.3) is 0 Å². The lowest BCUT2D eigenvalue weighted by molar-refractivity contribution is -0.131. The quantitative estimate of drug-likeness (QED) is 0.907. The summed E-state index contributed by atoms with van der Waals surface area (Å²) in [5.41, 5.74) is 0.476. The van der Waals surface area contributed by atoms with E-state index in [0.717, 1.165) is 18.4 Å². The van der Waals surface area contributed by atoms with Gasteiger partial charge in [0.2, 0.25) is 5.91 Å². The van der Waals surface area contributed by atoms with Crippen molar-refractivity contribution in [2.75, 3.05) is 6.54 Å². The van der Waals surface area contributed by atoms with Crippen molar-refractivity contribution in [3.63, 3.8) is 0 Å². The third kappa shape index (κ3) is 2.14. The lowest BCUT2D eigenvalue weighted by atomic mass is 10.1. The molecule has 3 rings (SSSR count). The average Bonchev–Trinajstić information content (AvgIpc) is 3.08. The molecule has 0 radical (unpaired) electrons. The van der Waals surface area contributed by atoms with Crippen molar-refractivity contribution in [1.29, 1.82) is 0 Å². The monoisotopic (exact) mass is 262 g/mol. The predicted molar refractivity (Wildman–Crippen MR) is 70.8 cm³/mol. The molecule has 1 atom stereocenters. The molecule has 2 fully saturated rings. The molecule has 2 aliphatic rings. The number of halogens is 1. The van der Waals surface area contributed by atoms with Crippen molar-refractivity contribution in [3.05, 3.63) is 35.6 Å². The summed E-state index contributed by atoms with van der Waals surface area (Å²) in [6.45, 7) is 4.89. The van der Waals surface area contributed by atoms with Crippen LogP contribution in [0.25, 0.3) is 0 Å². The highest BCUT2D eigenvalue weighted by Gasteiger charge is 2.59. The maximum atomic E-state index is 13.4. The fourth-order valence-corrected chi connectivity index (χ4v) is 2.80. The van der Waals surface area contributed by atoms with Crippen LogP contribution in [0.4, 0.5) is 4.39 Å². The topological polar surface area (TPSA) is 32.3 Å². The number of carbonyl (C=O) groups is 1. The Morgan fingerprint density at radius 1 is 1.47 bits per heavy atom. The summed E-state index contributed by atoms with van der Waals surface area (Å²) >= 11 is 0. The second-order valence-electron chi connectivity index (χ2n) is 6.04. The Bertz CT molecular complexity index is 511. The normalized spacial score (nSPS) is 24.5. The molecule has 3 nitrogen and oxygen atoms in total. The van der Waals surface area contributed by atoms with E-state index in [2.05, 4.69) is 19.2 Å². The van der Waals surface area contributed by atoms with Crippen molar-refractivity contribution in [2.45, 2.75) is 38.4 Å².